The van der Waals surface area contributed by atoms with Crippen LogP contribution in [0.5, 0.6) is 0 Å². The highest BCUT2D eigenvalue weighted by Gasteiger charge is 2.74. The van der Waals surface area contributed by atoms with E-state index in [1.54, 1.807) is 15.9 Å². The van der Waals surface area contributed by atoms with Crippen molar-refractivity contribution in [1.29, 1.82) is 0 Å². The van der Waals surface area contributed by atoms with E-state index in [0.29, 0.717) is 30.3 Å². The molecule has 2 saturated heterocycles. The Morgan fingerprint density at radius 2 is 1.70 bits per heavy atom. The van der Waals surface area contributed by atoms with Gasteiger partial charge in [0.25, 0.3) is 0 Å². The number of ether oxygens (including phenoxy) is 2. The number of cyclic esters (lactones) is 1. The molecule has 3 amide bonds. The first kappa shape index (κ1) is 32.2. The Kier molecular flexibility index (Phi) is 9.72. The Morgan fingerprint density at radius 3 is 2.43 bits per heavy atom. The standard InChI is InChI=1S/C35H38BrN3O7/c36-25-20-35-29-28(30(25)46-35)32(42)37-26(24-14-6-2-7-15-24)22-45-27(41)16-8-3-9-17-38(21-23-12-4-1-5-13-23)34(44)31(35)39(33(29)43)18-10-11-19-40/h1-7,9,12-15,20,26,28-31,40H,8,10-11,16-19,21-22H2,(H,37,42)/b9-3-/t26-,28-,29+,30-,31-,35+/m1/s1. The van der Waals surface area contributed by atoms with E-state index in [4.69, 9.17) is 9.47 Å². The number of aliphatic hydroxyl groups is 1. The van der Waals surface area contributed by atoms with Crippen LogP contribution in [0.2, 0.25) is 0 Å². The van der Waals surface area contributed by atoms with Crippen LogP contribution in [0.1, 0.15) is 42.9 Å². The minimum absolute atomic E-state index is 0.0410. The number of rotatable bonds is 7. The molecule has 0 saturated carbocycles. The SMILES string of the molecule is O=C1CC/C=C\CN(Cc2ccccc2)C(=O)[C@H]2N(CCCCO)C(=O)[C@@H]3[C@@H](C(=O)N[C@@H](c4ccccc4)CO1)[C@@H]1O[C@@]32C=C1Br. The Labute approximate surface area is 276 Å². The largest absolute Gasteiger partial charge is 0.463 e. The average molecular weight is 693 g/mol. The molecule has 2 N–H and O–H groups in total. The number of aliphatic hydroxyl groups excluding tert-OH is 1. The highest BCUT2D eigenvalue weighted by Crippen LogP contribution is 2.58. The zero-order chi connectivity index (χ0) is 32.3. The van der Waals surface area contributed by atoms with Gasteiger partial charge in [-0.25, -0.2) is 0 Å². The topological polar surface area (TPSA) is 125 Å². The molecular weight excluding hydrogens is 654 g/mol. The summed E-state index contributed by atoms with van der Waals surface area (Å²) in [5, 5.41) is 12.5. The number of benzene rings is 2. The van der Waals surface area contributed by atoms with Crippen LogP contribution in [0, 0.1) is 11.8 Å². The van der Waals surface area contributed by atoms with Gasteiger partial charge in [0.05, 0.1) is 17.9 Å². The van der Waals surface area contributed by atoms with Crippen molar-refractivity contribution in [3.05, 3.63) is 94.5 Å². The van der Waals surface area contributed by atoms with Gasteiger partial charge in [0.2, 0.25) is 17.7 Å². The Morgan fingerprint density at radius 1 is 0.957 bits per heavy atom. The Bertz CT molecular complexity index is 1520. The summed E-state index contributed by atoms with van der Waals surface area (Å²) in [4.78, 5) is 59.3. The summed E-state index contributed by atoms with van der Waals surface area (Å²) in [6.45, 7) is 0.655. The third-order valence-corrected chi connectivity index (χ3v) is 9.91. The lowest BCUT2D eigenvalue weighted by atomic mass is 9.74. The van der Waals surface area contributed by atoms with E-state index >= 15 is 0 Å². The first-order chi connectivity index (χ1) is 22.3. The molecule has 2 fully saturated rings. The van der Waals surface area contributed by atoms with Gasteiger partial charge in [0.1, 0.15) is 24.4 Å². The molecule has 2 aromatic carbocycles. The summed E-state index contributed by atoms with van der Waals surface area (Å²) < 4.78 is 12.8. The number of fused-ring (bicyclic) bond motifs is 2. The second-order valence-electron chi connectivity index (χ2n) is 12.2. The summed E-state index contributed by atoms with van der Waals surface area (Å²) in [5.41, 5.74) is 0.310. The molecule has 0 radical (unpaired) electrons. The van der Waals surface area contributed by atoms with Crippen molar-refractivity contribution in [1.82, 2.24) is 15.1 Å². The molecule has 1 spiro atoms. The lowest BCUT2D eigenvalue weighted by Crippen LogP contribution is -2.55. The number of esters is 1. The Hall–Kier alpha value is -3.80. The second-order valence-corrected chi connectivity index (χ2v) is 13.1. The van der Waals surface area contributed by atoms with E-state index in [0.717, 1.165) is 11.1 Å². The van der Waals surface area contributed by atoms with Gasteiger partial charge in [-0.15, -0.1) is 0 Å². The van der Waals surface area contributed by atoms with Gasteiger partial charge in [0.15, 0.2) is 0 Å². The Balaban J connectivity index is 1.41. The minimum Gasteiger partial charge on any atom is -0.463 e. The molecule has 4 heterocycles. The zero-order valence-electron chi connectivity index (χ0n) is 25.4. The number of unbranched alkanes of at least 4 members (excludes halogenated alkanes) is 1. The normalized spacial score (nSPS) is 30.6. The van der Waals surface area contributed by atoms with Crippen molar-refractivity contribution in [2.24, 2.45) is 11.8 Å². The zero-order valence-corrected chi connectivity index (χ0v) is 27.0. The molecule has 46 heavy (non-hydrogen) atoms. The molecule has 6 rings (SSSR count). The number of carbonyl (C=O) groups is 4. The number of carbonyl (C=O) groups excluding carboxylic acids is 4. The lowest BCUT2D eigenvalue weighted by Gasteiger charge is -2.36. The third-order valence-electron chi connectivity index (χ3n) is 9.23. The molecule has 2 aromatic rings. The first-order valence-electron chi connectivity index (χ1n) is 15.8. The van der Waals surface area contributed by atoms with Crippen LogP contribution in [-0.2, 0) is 35.2 Å². The fourth-order valence-electron chi connectivity index (χ4n) is 7.08. The maximum Gasteiger partial charge on any atom is 0.306 e. The van der Waals surface area contributed by atoms with E-state index in [1.807, 2.05) is 72.8 Å². The van der Waals surface area contributed by atoms with Crippen molar-refractivity contribution < 1.29 is 33.8 Å². The van der Waals surface area contributed by atoms with Crippen LogP contribution < -0.4 is 5.32 Å². The number of allylic oxidation sites excluding steroid dienone is 1. The third kappa shape index (κ3) is 6.15. The molecule has 4 aliphatic heterocycles. The van der Waals surface area contributed by atoms with E-state index in [1.165, 1.54) is 0 Å². The second kappa shape index (κ2) is 13.9. The predicted molar refractivity (Wildman–Crippen MR) is 172 cm³/mol. The summed E-state index contributed by atoms with van der Waals surface area (Å²) >= 11 is 3.61. The average Bonchev–Trinajstić information content (AvgIpc) is 3.65. The number of amides is 3. The molecule has 10 nitrogen and oxygen atoms in total. The molecule has 5 bridgehead atoms. The van der Waals surface area contributed by atoms with Crippen LogP contribution in [0.25, 0.3) is 0 Å². The van der Waals surface area contributed by atoms with Crippen LogP contribution in [-0.4, -0.2) is 82.6 Å². The maximum absolute atomic E-state index is 14.7. The molecule has 6 atom stereocenters. The van der Waals surface area contributed by atoms with Crippen LogP contribution in [0.4, 0.5) is 0 Å². The maximum atomic E-state index is 14.7. The highest BCUT2D eigenvalue weighted by molar-refractivity contribution is 9.11. The summed E-state index contributed by atoms with van der Waals surface area (Å²) in [6, 6.07) is 17.2. The van der Waals surface area contributed by atoms with Crippen molar-refractivity contribution in [3.63, 3.8) is 0 Å². The van der Waals surface area contributed by atoms with Crippen LogP contribution in [0.15, 0.2) is 83.4 Å². The quantitative estimate of drug-likeness (QED) is 0.259. The minimum atomic E-state index is -1.36. The van der Waals surface area contributed by atoms with Gasteiger partial charge in [0, 0.05) is 37.1 Å². The van der Waals surface area contributed by atoms with Crippen molar-refractivity contribution in [2.75, 3.05) is 26.3 Å². The number of nitrogens with zero attached hydrogens (tertiary/aromatic N) is 2. The number of halogens is 1. The summed E-state index contributed by atoms with van der Waals surface area (Å²) in [6.07, 6.45) is 6.26. The number of likely N-dealkylation sites (tertiary alicyclic amines) is 1. The number of nitrogens with one attached hydrogen (secondary N) is 1. The molecule has 0 aliphatic carbocycles. The summed E-state index contributed by atoms with van der Waals surface area (Å²) in [5.74, 6) is -3.31. The van der Waals surface area contributed by atoms with Gasteiger partial charge >= 0.3 is 5.97 Å². The van der Waals surface area contributed by atoms with Gasteiger partial charge in [-0.05, 0) is 36.5 Å². The number of hydrogen-bond acceptors (Lipinski definition) is 7. The van der Waals surface area contributed by atoms with Crippen molar-refractivity contribution >= 4 is 39.6 Å². The van der Waals surface area contributed by atoms with E-state index in [9.17, 15) is 24.3 Å². The molecule has 4 aliphatic rings. The predicted octanol–water partition coefficient (Wildman–Crippen LogP) is 3.41. The smallest absolute Gasteiger partial charge is 0.306 e. The van der Waals surface area contributed by atoms with Crippen LogP contribution >= 0.6 is 15.9 Å². The molecule has 11 heteroatoms. The first-order valence-corrected chi connectivity index (χ1v) is 16.6. The van der Waals surface area contributed by atoms with Crippen LogP contribution in [0.3, 0.4) is 0 Å². The fraction of sp³-hybridized carbons (Fsp3) is 0.429. The molecular formula is C35H38BrN3O7. The van der Waals surface area contributed by atoms with E-state index in [-0.39, 0.29) is 44.5 Å². The van der Waals surface area contributed by atoms with Crippen molar-refractivity contribution in [2.45, 2.75) is 56.0 Å². The fourth-order valence-corrected chi connectivity index (χ4v) is 7.82. The van der Waals surface area contributed by atoms with Crippen molar-refractivity contribution in [3.8, 4) is 0 Å². The van der Waals surface area contributed by atoms with Gasteiger partial charge in [-0.1, -0.05) is 88.7 Å². The molecule has 0 unspecified atom stereocenters. The number of hydrogen-bond donors (Lipinski definition) is 2. The summed E-state index contributed by atoms with van der Waals surface area (Å²) in [7, 11) is 0. The van der Waals surface area contributed by atoms with Gasteiger partial charge in [-0.2, -0.15) is 0 Å². The molecule has 0 aromatic heterocycles. The highest BCUT2D eigenvalue weighted by atomic mass is 79.9. The lowest BCUT2D eigenvalue weighted by molar-refractivity contribution is -0.148. The monoisotopic (exact) mass is 691 g/mol. The van der Waals surface area contributed by atoms with E-state index in [2.05, 4.69) is 21.2 Å². The van der Waals surface area contributed by atoms with Gasteiger partial charge < -0.3 is 29.7 Å². The van der Waals surface area contributed by atoms with Gasteiger partial charge in [-0.3, -0.25) is 19.2 Å². The van der Waals surface area contributed by atoms with E-state index < -0.39 is 47.5 Å². The molecule has 242 valence electrons.